The number of aromatic amines is 1. The van der Waals surface area contributed by atoms with E-state index in [9.17, 15) is 4.79 Å². The van der Waals surface area contributed by atoms with Crippen LogP contribution in [0.4, 0.5) is 0 Å². The molecule has 3 nitrogen and oxygen atoms in total. The van der Waals surface area contributed by atoms with E-state index < -0.39 is 0 Å². The Hall–Kier alpha value is -1.29. The maximum absolute atomic E-state index is 11.3. The third kappa shape index (κ3) is 1.10. The first-order valence-corrected chi connectivity index (χ1v) is 3.89. The van der Waals surface area contributed by atoms with Gasteiger partial charge in [-0.15, -0.1) is 12.6 Å². The number of nitrogens with zero attached hydrogens (tertiary/aromatic N) is 1. The van der Waals surface area contributed by atoms with Crippen LogP contribution in [-0.4, -0.2) is 9.97 Å². The standard InChI is InChI=1S/C8H6N2OS/c11-6-4-7(12)10-8-5(6)2-1-3-9-8/h1-4H,(H2,9,10,11,12). The normalized spacial score (nSPS) is 10.4. The van der Waals surface area contributed by atoms with E-state index in [1.807, 2.05) is 0 Å². The van der Waals surface area contributed by atoms with Crippen LogP contribution in [0.5, 0.6) is 0 Å². The number of hydrogen-bond donors (Lipinski definition) is 2. The first-order valence-electron chi connectivity index (χ1n) is 3.44. The molecule has 0 bridgehead atoms. The molecule has 0 spiro atoms. The minimum atomic E-state index is -0.0538. The van der Waals surface area contributed by atoms with Crippen LogP contribution in [0.15, 0.2) is 34.2 Å². The maximum Gasteiger partial charge on any atom is 0.192 e. The first-order chi connectivity index (χ1) is 5.77. The van der Waals surface area contributed by atoms with E-state index in [0.717, 1.165) is 0 Å². The van der Waals surface area contributed by atoms with Crippen molar-refractivity contribution in [1.29, 1.82) is 0 Å². The zero-order chi connectivity index (χ0) is 8.55. The van der Waals surface area contributed by atoms with E-state index in [2.05, 4.69) is 22.6 Å². The number of nitrogens with one attached hydrogen (secondary N) is 1. The summed E-state index contributed by atoms with van der Waals surface area (Å²) in [7, 11) is 0. The Morgan fingerprint density at radius 3 is 3.17 bits per heavy atom. The minimum Gasteiger partial charge on any atom is -0.334 e. The molecule has 0 saturated heterocycles. The lowest BCUT2D eigenvalue weighted by Crippen LogP contribution is -2.02. The van der Waals surface area contributed by atoms with Gasteiger partial charge in [-0.3, -0.25) is 4.79 Å². The van der Waals surface area contributed by atoms with Crippen LogP contribution in [0.2, 0.25) is 0 Å². The number of aromatic nitrogens is 2. The van der Waals surface area contributed by atoms with Crippen molar-refractivity contribution in [1.82, 2.24) is 9.97 Å². The molecule has 0 radical (unpaired) electrons. The number of rotatable bonds is 0. The van der Waals surface area contributed by atoms with E-state index >= 15 is 0 Å². The molecule has 2 aromatic rings. The Labute approximate surface area is 73.9 Å². The second-order valence-electron chi connectivity index (χ2n) is 2.42. The van der Waals surface area contributed by atoms with Crippen LogP contribution in [0.1, 0.15) is 0 Å². The molecule has 1 N–H and O–H groups in total. The molecule has 0 aromatic carbocycles. The molecule has 0 aliphatic rings. The van der Waals surface area contributed by atoms with Crippen LogP contribution in [0.3, 0.4) is 0 Å². The molecule has 2 aromatic heterocycles. The van der Waals surface area contributed by atoms with Gasteiger partial charge in [-0.2, -0.15) is 0 Å². The van der Waals surface area contributed by atoms with Crippen LogP contribution >= 0.6 is 12.6 Å². The molecule has 2 rings (SSSR count). The molecule has 0 unspecified atom stereocenters. The largest absolute Gasteiger partial charge is 0.334 e. The average molecular weight is 178 g/mol. The number of fused-ring (bicyclic) bond motifs is 1. The third-order valence-corrected chi connectivity index (χ3v) is 1.83. The molecule has 0 amide bonds. The van der Waals surface area contributed by atoms with Crippen LogP contribution in [0, 0.1) is 0 Å². The van der Waals surface area contributed by atoms with Crippen molar-refractivity contribution in [3.05, 3.63) is 34.6 Å². The Bertz CT molecular complexity index is 478. The topological polar surface area (TPSA) is 45.8 Å². The van der Waals surface area contributed by atoms with E-state index in [-0.39, 0.29) is 5.43 Å². The SMILES string of the molecule is O=c1cc(S)[nH]c2ncccc12. The summed E-state index contributed by atoms with van der Waals surface area (Å²) in [4.78, 5) is 18.2. The van der Waals surface area contributed by atoms with E-state index in [1.165, 1.54) is 6.07 Å². The van der Waals surface area contributed by atoms with Gasteiger partial charge in [0.15, 0.2) is 5.43 Å². The fourth-order valence-corrected chi connectivity index (χ4v) is 1.29. The summed E-state index contributed by atoms with van der Waals surface area (Å²) < 4.78 is 0. The van der Waals surface area contributed by atoms with Crippen LogP contribution in [0.25, 0.3) is 11.0 Å². The van der Waals surface area contributed by atoms with Crippen molar-refractivity contribution in [2.75, 3.05) is 0 Å². The minimum absolute atomic E-state index is 0.0538. The maximum atomic E-state index is 11.3. The first kappa shape index (κ1) is 7.36. The van der Waals surface area contributed by atoms with E-state index in [4.69, 9.17) is 0 Å². The Morgan fingerprint density at radius 1 is 1.50 bits per heavy atom. The summed E-state index contributed by atoms with van der Waals surface area (Å²) >= 11 is 4.03. The van der Waals surface area contributed by atoms with E-state index in [1.54, 1.807) is 18.3 Å². The second-order valence-corrected chi connectivity index (χ2v) is 2.90. The summed E-state index contributed by atoms with van der Waals surface area (Å²) in [5.41, 5.74) is 0.525. The number of H-pyrrole nitrogens is 1. The molecular formula is C8H6N2OS. The van der Waals surface area contributed by atoms with Crippen molar-refractivity contribution in [3.8, 4) is 0 Å². The lowest BCUT2D eigenvalue weighted by atomic mass is 10.3. The van der Waals surface area contributed by atoms with Gasteiger partial charge in [0.2, 0.25) is 0 Å². The van der Waals surface area contributed by atoms with Crippen LogP contribution < -0.4 is 5.43 Å². The van der Waals surface area contributed by atoms with E-state index in [0.29, 0.717) is 16.1 Å². The van der Waals surface area contributed by atoms with Crippen molar-refractivity contribution >= 4 is 23.7 Å². The quantitative estimate of drug-likeness (QED) is 0.596. The molecule has 0 atom stereocenters. The summed E-state index contributed by atoms with van der Waals surface area (Å²) in [6, 6.07) is 4.90. The smallest absolute Gasteiger partial charge is 0.192 e. The Kier molecular flexibility index (Phi) is 1.62. The van der Waals surface area contributed by atoms with Gasteiger partial charge < -0.3 is 4.98 Å². The third-order valence-electron chi connectivity index (χ3n) is 1.59. The van der Waals surface area contributed by atoms with Gasteiger partial charge in [-0.05, 0) is 12.1 Å². The van der Waals surface area contributed by atoms with Gasteiger partial charge in [0.1, 0.15) is 5.65 Å². The Morgan fingerprint density at radius 2 is 2.33 bits per heavy atom. The van der Waals surface area contributed by atoms with Crippen molar-refractivity contribution in [2.24, 2.45) is 0 Å². The highest BCUT2D eigenvalue weighted by atomic mass is 32.1. The fourth-order valence-electron chi connectivity index (χ4n) is 1.06. The highest BCUT2D eigenvalue weighted by Gasteiger charge is 1.98. The van der Waals surface area contributed by atoms with Gasteiger partial charge in [-0.25, -0.2) is 4.98 Å². The molecule has 12 heavy (non-hydrogen) atoms. The van der Waals surface area contributed by atoms with Gasteiger partial charge >= 0.3 is 0 Å². The Balaban J connectivity index is 2.99. The molecule has 60 valence electrons. The number of pyridine rings is 2. The molecule has 0 saturated carbocycles. The lowest BCUT2D eigenvalue weighted by Gasteiger charge is -1.95. The van der Waals surface area contributed by atoms with Gasteiger partial charge in [-0.1, -0.05) is 0 Å². The summed E-state index contributed by atoms with van der Waals surface area (Å²) in [6.07, 6.45) is 1.63. The zero-order valence-electron chi connectivity index (χ0n) is 6.11. The van der Waals surface area contributed by atoms with Crippen LogP contribution in [-0.2, 0) is 0 Å². The summed E-state index contributed by atoms with van der Waals surface area (Å²) in [6.45, 7) is 0. The van der Waals surface area contributed by atoms with Crippen molar-refractivity contribution < 1.29 is 0 Å². The van der Waals surface area contributed by atoms with Gasteiger partial charge in [0, 0.05) is 12.3 Å². The highest BCUT2D eigenvalue weighted by molar-refractivity contribution is 7.80. The van der Waals surface area contributed by atoms with Crippen molar-refractivity contribution in [2.45, 2.75) is 5.03 Å². The molecule has 0 fully saturated rings. The molecule has 4 heteroatoms. The predicted molar refractivity (Wildman–Crippen MR) is 49.6 cm³/mol. The molecular weight excluding hydrogens is 172 g/mol. The lowest BCUT2D eigenvalue weighted by molar-refractivity contribution is 1.14. The van der Waals surface area contributed by atoms with Gasteiger partial charge in [0.05, 0.1) is 10.4 Å². The van der Waals surface area contributed by atoms with Crippen molar-refractivity contribution in [3.63, 3.8) is 0 Å². The number of hydrogen-bond acceptors (Lipinski definition) is 3. The second kappa shape index (κ2) is 2.64. The summed E-state index contributed by atoms with van der Waals surface area (Å²) in [5, 5.41) is 1.13. The summed E-state index contributed by atoms with van der Waals surface area (Å²) in [5.74, 6) is 0. The molecule has 0 aliphatic heterocycles. The highest BCUT2D eigenvalue weighted by Crippen LogP contribution is 2.05. The average Bonchev–Trinajstić information content (AvgIpc) is 2.04. The number of thiol groups is 1. The monoisotopic (exact) mass is 178 g/mol. The molecule has 2 heterocycles. The van der Waals surface area contributed by atoms with Gasteiger partial charge in [0.25, 0.3) is 0 Å². The predicted octanol–water partition coefficient (Wildman–Crippen LogP) is 1.21. The molecule has 0 aliphatic carbocycles. The fraction of sp³-hybridized carbons (Fsp3) is 0. The zero-order valence-corrected chi connectivity index (χ0v) is 7.01.